The molecule has 0 bridgehead atoms. The first-order chi connectivity index (χ1) is 15.4. The van der Waals surface area contributed by atoms with Crippen molar-refractivity contribution in [3.63, 3.8) is 0 Å². The number of ketones is 1. The molecular formula is C29H32O3. The molecule has 3 heteroatoms. The lowest BCUT2D eigenvalue weighted by atomic mass is 9.46. The number of rotatable bonds is 1. The fraction of sp³-hybridized carbons (Fsp3) is 0.552. The third-order valence-electron chi connectivity index (χ3n) is 9.41. The van der Waals surface area contributed by atoms with Crippen LogP contribution in [0.15, 0.2) is 41.0 Å². The Morgan fingerprint density at radius 1 is 1.06 bits per heavy atom. The number of benzene rings is 1. The van der Waals surface area contributed by atoms with E-state index in [4.69, 9.17) is 9.47 Å². The third kappa shape index (κ3) is 2.71. The molecule has 5 atom stereocenters. The van der Waals surface area contributed by atoms with Gasteiger partial charge in [-0.1, -0.05) is 31.4 Å². The van der Waals surface area contributed by atoms with Crippen molar-refractivity contribution in [1.29, 1.82) is 0 Å². The quantitative estimate of drug-likeness (QED) is 0.489. The van der Waals surface area contributed by atoms with Gasteiger partial charge < -0.3 is 9.47 Å². The van der Waals surface area contributed by atoms with Gasteiger partial charge in [-0.15, -0.1) is 5.92 Å². The Kier molecular flexibility index (Phi) is 4.42. The SMILES string of the molecule is CC#CC1CCC2C3(C)CCC4=CC(=O)CCC4=C3C(c3ccc4c(c3)OCO4)CC12C. The molecule has 32 heavy (non-hydrogen) atoms. The van der Waals surface area contributed by atoms with Gasteiger partial charge in [-0.05, 0) is 97.1 Å². The van der Waals surface area contributed by atoms with Crippen molar-refractivity contribution < 1.29 is 14.3 Å². The van der Waals surface area contributed by atoms with Gasteiger partial charge in [0.2, 0.25) is 6.79 Å². The first kappa shape index (κ1) is 20.2. The number of ether oxygens (including phenoxy) is 2. The molecule has 3 nitrogen and oxygen atoms in total. The van der Waals surface area contributed by atoms with Crippen molar-refractivity contribution in [2.45, 2.75) is 71.6 Å². The van der Waals surface area contributed by atoms with Gasteiger partial charge in [0.05, 0.1) is 0 Å². The monoisotopic (exact) mass is 428 g/mol. The zero-order valence-electron chi connectivity index (χ0n) is 19.4. The summed E-state index contributed by atoms with van der Waals surface area (Å²) in [6.45, 7) is 7.34. The van der Waals surface area contributed by atoms with Crippen LogP contribution < -0.4 is 9.47 Å². The van der Waals surface area contributed by atoms with Gasteiger partial charge in [0.25, 0.3) is 0 Å². The van der Waals surface area contributed by atoms with E-state index in [2.05, 4.69) is 43.9 Å². The first-order valence-corrected chi connectivity index (χ1v) is 12.2. The van der Waals surface area contributed by atoms with Crippen molar-refractivity contribution in [3.8, 4) is 23.3 Å². The largest absolute Gasteiger partial charge is 0.454 e. The van der Waals surface area contributed by atoms with Gasteiger partial charge >= 0.3 is 0 Å². The summed E-state index contributed by atoms with van der Waals surface area (Å²) >= 11 is 0. The molecule has 5 aliphatic rings. The first-order valence-electron chi connectivity index (χ1n) is 12.2. The Balaban J connectivity index is 1.56. The minimum Gasteiger partial charge on any atom is -0.454 e. The van der Waals surface area contributed by atoms with Crippen LogP contribution in [0.1, 0.15) is 77.2 Å². The summed E-state index contributed by atoms with van der Waals surface area (Å²) in [5.41, 5.74) is 6.11. The van der Waals surface area contributed by atoms with Crippen LogP contribution >= 0.6 is 0 Å². The predicted octanol–water partition coefficient (Wildman–Crippen LogP) is 6.34. The normalized spacial score (nSPS) is 37.2. The highest BCUT2D eigenvalue weighted by molar-refractivity contribution is 5.93. The molecule has 1 aromatic rings. The van der Waals surface area contributed by atoms with E-state index in [9.17, 15) is 4.79 Å². The minimum atomic E-state index is 0.158. The molecule has 1 aliphatic heterocycles. The summed E-state index contributed by atoms with van der Waals surface area (Å²) in [6, 6.07) is 6.54. The molecule has 4 aliphatic carbocycles. The second-order valence-corrected chi connectivity index (χ2v) is 10.9. The smallest absolute Gasteiger partial charge is 0.231 e. The zero-order chi connectivity index (χ0) is 22.1. The molecule has 0 radical (unpaired) electrons. The summed E-state index contributed by atoms with van der Waals surface area (Å²) in [5.74, 6) is 10.3. The van der Waals surface area contributed by atoms with Gasteiger partial charge in [0.1, 0.15) is 0 Å². The fourth-order valence-corrected chi connectivity index (χ4v) is 8.07. The van der Waals surface area contributed by atoms with E-state index in [0.29, 0.717) is 36.8 Å². The van der Waals surface area contributed by atoms with Crippen molar-refractivity contribution in [2.75, 3.05) is 6.79 Å². The van der Waals surface area contributed by atoms with Crippen LogP contribution in [0.2, 0.25) is 0 Å². The summed E-state index contributed by atoms with van der Waals surface area (Å²) in [7, 11) is 0. The van der Waals surface area contributed by atoms with Crippen molar-refractivity contribution >= 4 is 5.78 Å². The average molecular weight is 429 g/mol. The molecule has 0 aromatic heterocycles. The maximum atomic E-state index is 12.2. The van der Waals surface area contributed by atoms with E-state index in [1.165, 1.54) is 29.6 Å². The molecule has 0 amide bonds. The number of hydrogen-bond donors (Lipinski definition) is 0. The van der Waals surface area contributed by atoms with Crippen molar-refractivity contribution in [3.05, 3.63) is 46.6 Å². The van der Waals surface area contributed by atoms with Crippen LogP contribution in [0.5, 0.6) is 11.5 Å². The van der Waals surface area contributed by atoms with Gasteiger partial charge in [-0.3, -0.25) is 4.79 Å². The number of carbonyl (C=O) groups is 1. The van der Waals surface area contributed by atoms with Crippen LogP contribution in [-0.2, 0) is 4.79 Å². The maximum absolute atomic E-state index is 12.2. The lowest BCUT2D eigenvalue weighted by Gasteiger charge is -2.58. The van der Waals surface area contributed by atoms with Crippen LogP contribution in [0.25, 0.3) is 0 Å². The predicted molar refractivity (Wildman–Crippen MR) is 124 cm³/mol. The van der Waals surface area contributed by atoms with Crippen LogP contribution in [0.4, 0.5) is 0 Å². The molecule has 2 saturated carbocycles. The number of carbonyl (C=O) groups excluding carboxylic acids is 1. The van der Waals surface area contributed by atoms with Crippen molar-refractivity contribution in [2.24, 2.45) is 22.7 Å². The second kappa shape index (κ2) is 7.01. The highest BCUT2D eigenvalue weighted by Gasteiger charge is 2.61. The summed E-state index contributed by atoms with van der Waals surface area (Å²) in [6.07, 6.45) is 9.26. The summed E-state index contributed by atoms with van der Waals surface area (Å²) in [5, 5.41) is 0. The minimum absolute atomic E-state index is 0.158. The van der Waals surface area contributed by atoms with Gasteiger partial charge in [-0.25, -0.2) is 0 Å². The fourth-order valence-electron chi connectivity index (χ4n) is 8.07. The highest BCUT2D eigenvalue weighted by atomic mass is 16.7. The van der Waals surface area contributed by atoms with Crippen molar-refractivity contribution in [1.82, 2.24) is 0 Å². The lowest BCUT2D eigenvalue weighted by molar-refractivity contribution is -0.114. The van der Waals surface area contributed by atoms with E-state index in [0.717, 1.165) is 37.2 Å². The summed E-state index contributed by atoms with van der Waals surface area (Å²) in [4.78, 5) is 12.2. The molecule has 166 valence electrons. The average Bonchev–Trinajstić information content (AvgIpc) is 3.37. The molecule has 0 N–H and O–H groups in total. The number of hydrogen-bond acceptors (Lipinski definition) is 3. The Hall–Kier alpha value is -2.47. The Morgan fingerprint density at radius 3 is 2.75 bits per heavy atom. The molecule has 1 aromatic carbocycles. The number of allylic oxidation sites excluding steroid dienone is 4. The topological polar surface area (TPSA) is 35.5 Å². The molecule has 5 unspecified atom stereocenters. The van der Waals surface area contributed by atoms with Crippen LogP contribution in [0.3, 0.4) is 0 Å². The lowest BCUT2D eigenvalue weighted by Crippen LogP contribution is -2.49. The van der Waals surface area contributed by atoms with Crippen LogP contribution in [0, 0.1) is 34.5 Å². The number of fused-ring (bicyclic) bond motifs is 5. The van der Waals surface area contributed by atoms with E-state index in [1.807, 2.05) is 13.0 Å². The molecule has 2 fully saturated rings. The highest BCUT2D eigenvalue weighted by Crippen LogP contribution is 2.70. The third-order valence-corrected chi connectivity index (χ3v) is 9.41. The van der Waals surface area contributed by atoms with E-state index in [-0.39, 0.29) is 10.8 Å². The molecule has 1 heterocycles. The molecule has 0 spiro atoms. The van der Waals surface area contributed by atoms with Gasteiger partial charge in [-0.2, -0.15) is 0 Å². The van der Waals surface area contributed by atoms with E-state index in [1.54, 1.807) is 5.57 Å². The summed E-state index contributed by atoms with van der Waals surface area (Å²) < 4.78 is 11.4. The van der Waals surface area contributed by atoms with E-state index < -0.39 is 0 Å². The van der Waals surface area contributed by atoms with E-state index >= 15 is 0 Å². The maximum Gasteiger partial charge on any atom is 0.231 e. The standard InChI is InChI=1S/C29H32O3/c1-4-5-20-7-11-26-28(2)13-12-19-14-21(30)8-9-22(19)27(28)23(16-29(20,26)3)18-6-10-24-25(15-18)32-17-31-24/h6,10,14-15,20,23,26H,7-9,11-13,16-17H2,1-3H3. The molecule has 0 saturated heterocycles. The molecular weight excluding hydrogens is 396 g/mol. The van der Waals surface area contributed by atoms with Gasteiger partial charge in [0.15, 0.2) is 17.3 Å². The Labute approximate surface area is 191 Å². The zero-order valence-corrected chi connectivity index (χ0v) is 19.4. The molecule has 6 rings (SSSR count). The second-order valence-electron chi connectivity index (χ2n) is 10.9. The van der Waals surface area contributed by atoms with Crippen LogP contribution in [-0.4, -0.2) is 12.6 Å². The Bertz CT molecular complexity index is 1130. The Morgan fingerprint density at radius 2 is 1.91 bits per heavy atom. The van der Waals surface area contributed by atoms with Gasteiger partial charge in [0, 0.05) is 18.3 Å².